The summed E-state index contributed by atoms with van der Waals surface area (Å²) in [5.41, 5.74) is 0. The van der Waals surface area contributed by atoms with E-state index in [9.17, 15) is 13.2 Å². The van der Waals surface area contributed by atoms with Gasteiger partial charge in [0.15, 0.2) is 11.5 Å². The average Bonchev–Trinajstić information content (AvgIpc) is 2.19. The maximum absolute atomic E-state index is 12.0. The summed E-state index contributed by atoms with van der Waals surface area (Å²) in [6.45, 7) is 1.90. The van der Waals surface area contributed by atoms with Crippen LogP contribution in [-0.4, -0.2) is 20.1 Å². The molecule has 0 unspecified atom stereocenters. The lowest BCUT2D eigenvalue weighted by Crippen LogP contribution is -2.17. The van der Waals surface area contributed by atoms with Crippen LogP contribution in [0, 0.1) is 0 Å². The van der Waals surface area contributed by atoms with Crippen molar-refractivity contribution in [1.82, 2.24) is 0 Å². The molecule has 0 heterocycles. The summed E-state index contributed by atoms with van der Waals surface area (Å²) in [6.07, 6.45) is -4.74. The van der Waals surface area contributed by atoms with Crippen molar-refractivity contribution in [3.8, 4) is 17.2 Å². The van der Waals surface area contributed by atoms with E-state index in [0.29, 0.717) is 5.75 Å². The predicted octanol–water partition coefficient (Wildman–Crippen LogP) is 2.99. The van der Waals surface area contributed by atoms with Crippen LogP contribution in [0.5, 0.6) is 17.2 Å². The normalized spacial score (nSPS) is 11.1. The monoisotopic (exact) mass is 236 g/mol. The zero-order valence-electron chi connectivity index (χ0n) is 8.80. The second-order valence-corrected chi connectivity index (χ2v) is 2.79. The standard InChI is InChI=1S/C10H11F3O3/c1-3-15-9-6-7(14-2)4-5-8(9)16-10(11,12)13/h4-6H,3H2,1-2H3. The number of hydrogen-bond acceptors (Lipinski definition) is 3. The minimum Gasteiger partial charge on any atom is -0.497 e. The van der Waals surface area contributed by atoms with Gasteiger partial charge in [-0.05, 0) is 19.1 Å². The zero-order valence-corrected chi connectivity index (χ0v) is 8.80. The van der Waals surface area contributed by atoms with Crippen LogP contribution in [0.2, 0.25) is 0 Å². The third-order valence-corrected chi connectivity index (χ3v) is 1.68. The van der Waals surface area contributed by atoms with E-state index in [4.69, 9.17) is 9.47 Å². The third-order valence-electron chi connectivity index (χ3n) is 1.68. The highest BCUT2D eigenvalue weighted by Crippen LogP contribution is 2.35. The molecule has 16 heavy (non-hydrogen) atoms. The second kappa shape index (κ2) is 4.96. The van der Waals surface area contributed by atoms with Crippen molar-refractivity contribution in [2.24, 2.45) is 0 Å². The Balaban J connectivity index is 2.98. The summed E-state index contributed by atoms with van der Waals surface area (Å²) in [7, 11) is 1.41. The Hall–Kier alpha value is -1.59. The van der Waals surface area contributed by atoms with Gasteiger partial charge in [0.2, 0.25) is 0 Å². The predicted molar refractivity (Wildman–Crippen MR) is 50.8 cm³/mol. The fraction of sp³-hybridized carbons (Fsp3) is 0.400. The van der Waals surface area contributed by atoms with Gasteiger partial charge in [-0.3, -0.25) is 0 Å². The number of benzene rings is 1. The molecule has 0 aromatic heterocycles. The molecule has 0 spiro atoms. The SMILES string of the molecule is CCOc1cc(OC)ccc1OC(F)(F)F. The van der Waals surface area contributed by atoms with Gasteiger partial charge in [0, 0.05) is 6.07 Å². The molecule has 0 saturated heterocycles. The molecular formula is C10H11F3O3. The number of methoxy groups -OCH3 is 1. The minimum absolute atomic E-state index is 0.000764. The lowest BCUT2D eigenvalue weighted by Gasteiger charge is -2.14. The summed E-state index contributed by atoms with van der Waals surface area (Å²) in [4.78, 5) is 0. The van der Waals surface area contributed by atoms with Crippen molar-refractivity contribution in [2.45, 2.75) is 13.3 Å². The molecule has 0 N–H and O–H groups in total. The first kappa shape index (κ1) is 12.5. The summed E-state index contributed by atoms with van der Waals surface area (Å²) >= 11 is 0. The van der Waals surface area contributed by atoms with E-state index >= 15 is 0 Å². The highest BCUT2D eigenvalue weighted by atomic mass is 19.4. The van der Waals surface area contributed by atoms with E-state index in [2.05, 4.69) is 4.74 Å². The van der Waals surface area contributed by atoms with Crippen molar-refractivity contribution in [2.75, 3.05) is 13.7 Å². The Labute approximate surface area is 90.7 Å². The van der Waals surface area contributed by atoms with Crippen molar-refractivity contribution < 1.29 is 27.4 Å². The minimum atomic E-state index is -4.74. The van der Waals surface area contributed by atoms with E-state index in [0.717, 1.165) is 6.07 Å². The Morgan fingerprint density at radius 3 is 2.38 bits per heavy atom. The Bertz CT molecular complexity index is 350. The van der Waals surface area contributed by atoms with Crippen molar-refractivity contribution in [1.29, 1.82) is 0 Å². The van der Waals surface area contributed by atoms with Crippen LogP contribution in [0.4, 0.5) is 13.2 Å². The Morgan fingerprint density at radius 2 is 1.88 bits per heavy atom. The molecule has 0 amide bonds. The molecule has 0 aliphatic carbocycles. The van der Waals surface area contributed by atoms with E-state index in [1.807, 2.05) is 0 Å². The number of rotatable bonds is 4. The molecule has 0 atom stereocenters. The van der Waals surface area contributed by atoms with Gasteiger partial charge in [0.25, 0.3) is 0 Å². The lowest BCUT2D eigenvalue weighted by molar-refractivity contribution is -0.275. The number of ether oxygens (including phenoxy) is 3. The molecule has 0 bridgehead atoms. The van der Waals surface area contributed by atoms with Crippen LogP contribution in [0.1, 0.15) is 6.92 Å². The number of hydrogen-bond donors (Lipinski definition) is 0. The van der Waals surface area contributed by atoms with E-state index in [1.54, 1.807) is 6.92 Å². The fourth-order valence-corrected chi connectivity index (χ4v) is 1.09. The highest BCUT2D eigenvalue weighted by Gasteiger charge is 2.32. The van der Waals surface area contributed by atoms with Crippen LogP contribution >= 0.6 is 0 Å². The highest BCUT2D eigenvalue weighted by molar-refractivity contribution is 5.45. The summed E-state index contributed by atoms with van der Waals surface area (Å²) < 4.78 is 49.8. The molecule has 1 rings (SSSR count). The van der Waals surface area contributed by atoms with Crippen molar-refractivity contribution in [3.63, 3.8) is 0 Å². The molecule has 0 fully saturated rings. The summed E-state index contributed by atoms with van der Waals surface area (Å²) in [6, 6.07) is 3.85. The molecule has 0 radical (unpaired) electrons. The van der Waals surface area contributed by atoms with E-state index in [1.165, 1.54) is 19.2 Å². The van der Waals surface area contributed by atoms with Crippen LogP contribution in [0.3, 0.4) is 0 Å². The van der Waals surface area contributed by atoms with Crippen molar-refractivity contribution in [3.05, 3.63) is 18.2 Å². The van der Waals surface area contributed by atoms with Gasteiger partial charge in [-0.1, -0.05) is 0 Å². The van der Waals surface area contributed by atoms with E-state index in [-0.39, 0.29) is 18.1 Å². The molecule has 1 aromatic rings. The topological polar surface area (TPSA) is 27.7 Å². The summed E-state index contributed by atoms with van der Waals surface area (Å²) in [5, 5.41) is 0. The smallest absolute Gasteiger partial charge is 0.497 e. The van der Waals surface area contributed by atoms with Gasteiger partial charge in [-0.2, -0.15) is 0 Å². The average molecular weight is 236 g/mol. The van der Waals surface area contributed by atoms with Gasteiger partial charge < -0.3 is 14.2 Å². The first-order valence-corrected chi connectivity index (χ1v) is 4.53. The summed E-state index contributed by atoms with van der Waals surface area (Å²) in [5.74, 6) is 0.0206. The van der Waals surface area contributed by atoms with Crippen LogP contribution in [0.25, 0.3) is 0 Å². The number of halogens is 3. The fourth-order valence-electron chi connectivity index (χ4n) is 1.09. The molecule has 0 aliphatic rings. The van der Waals surface area contributed by atoms with Gasteiger partial charge in [0.05, 0.1) is 13.7 Å². The quantitative estimate of drug-likeness (QED) is 0.804. The molecule has 6 heteroatoms. The lowest BCUT2D eigenvalue weighted by atomic mass is 10.3. The van der Waals surface area contributed by atoms with Gasteiger partial charge in [-0.25, -0.2) is 0 Å². The molecule has 0 saturated carbocycles. The molecule has 3 nitrogen and oxygen atoms in total. The molecule has 0 aliphatic heterocycles. The third kappa shape index (κ3) is 3.52. The van der Waals surface area contributed by atoms with Crippen LogP contribution in [-0.2, 0) is 0 Å². The van der Waals surface area contributed by atoms with Crippen LogP contribution < -0.4 is 14.2 Å². The molecular weight excluding hydrogens is 225 g/mol. The van der Waals surface area contributed by atoms with Gasteiger partial charge in [-0.15, -0.1) is 13.2 Å². The van der Waals surface area contributed by atoms with E-state index < -0.39 is 6.36 Å². The maximum atomic E-state index is 12.0. The number of alkyl halides is 3. The zero-order chi connectivity index (χ0) is 12.2. The van der Waals surface area contributed by atoms with Crippen molar-refractivity contribution >= 4 is 0 Å². The molecule has 1 aromatic carbocycles. The van der Waals surface area contributed by atoms with Gasteiger partial charge >= 0.3 is 6.36 Å². The molecule has 90 valence electrons. The Kier molecular flexibility index (Phi) is 3.87. The van der Waals surface area contributed by atoms with Crippen LogP contribution in [0.15, 0.2) is 18.2 Å². The Morgan fingerprint density at radius 1 is 1.19 bits per heavy atom. The largest absolute Gasteiger partial charge is 0.573 e. The second-order valence-electron chi connectivity index (χ2n) is 2.79. The maximum Gasteiger partial charge on any atom is 0.573 e. The first-order chi connectivity index (χ1) is 7.46. The first-order valence-electron chi connectivity index (χ1n) is 4.53. The van der Waals surface area contributed by atoms with Gasteiger partial charge in [0.1, 0.15) is 5.75 Å².